The van der Waals surface area contributed by atoms with Gasteiger partial charge in [-0.3, -0.25) is 9.10 Å². The molecule has 0 fully saturated rings. The maximum Gasteiger partial charge on any atom is 0.253 e. The highest BCUT2D eigenvalue weighted by Crippen LogP contribution is 2.25. The lowest BCUT2D eigenvalue weighted by Crippen LogP contribution is -2.32. The highest BCUT2D eigenvalue weighted by Gasteiger charge is 2.23. The molecule has 29 heavy (non-hydrogen) atoms. The Balaban J connectivity index is 1.89. The Hall–Kier alpha value is -2.83. The number of rotatable bonds is 7. The molecule has 3 aromatic carbocycles. The van der Waals surface area contributed by atoms with Gasteiger partial charge in [0.25, 0.3) is 5.91 Å². The topological polar surface area (TPSA) is 66.5 Å². The average Bonchev–Trinajstić information content (AvgIpc) is 2.71. The van der Waals surface area contributed by atoms with Crippen LogP contribution in [-0.2, 0) is 23.1 Å². The normalized spacial score (nSPS) is 11.1. The predicted octanol–water partition coefficient (Wildman–Crippen LogP) is 4.24. The number of para-hydroxylation sites is 1. The number of benzene rings is 3. The zero-order chi connectivity index (χ0) is 20.9. The third kappa shape index (κ3) is 5.37. The van der Waals surface area contributed by atoms with Gasteiger partial charge < -0.3 is 5.32 Å². The number of nitrogens with one attached hydrogen (secondary N) is 1. The molecule has 0 saturated heterocycles. The lowest BCUT2D eigenvalue weighted by atomic mass is 10.1. The van der Waals surface area contributed by atoms with E-state index in [2.05, 4.69) is 5.32 Å². The summed E-state index contributed by atoms with van der Waals surface area (Å²) >= 11 is 6.15. The first-order chi connectivity index (χ1) is 13.9. The molecule has 5 nitrogen and oxygen atoms in total. The van der Waals surface area contributed by atoms with Crippen molar-refractivity contribution in [3.05, 3.63) is 101 Å². The van der Waals surface area contributed by atoms with Crippen molar-refractivity contribution in [1.82, 2.24) is 5.32 Å². The van der Waals surface area contributed by atoms with E-state index in [1.807, 2.05) is 48.5 Å². The summed E-state index contributed by atoms with van der Waals surface area (Å²) in [6.07, 6.45) is 1.13. The van der Waals surface area contributed by atoms with Crippen LogP contribution in [0.2, 0.25) is 5.02 Å². The van der Waals surface area contributed by atoms with Crippen molar-refractivity contribution in [2.45, 2.75) is 13.1 Å². The summed E-state index contributed by atoms with van der Waals surface area (Å²) in [5.74, 6) is -0.373. The Kier molecular flexibility index (Phi) is 6.56. The molecular weight excluding hydrogens is 408 g/mol. The Morgan fingerprint density at radius 1 is 0.931 bits per heavy atom. The van der Waals surface area contributed by atoms with Crippen molar-refractivity contribution in [1.29, 1.82) is 0 Å². The first-order valence-corrected chi connectivity index (χ1v) is 11.2. The standard InChI is InChI=1S/C22H21ClN2O3S/c1-29(27,28)25(16-17-9-3-2-4-10-17)21-14-8-6-12-19(21)22(26)24-15-18-11-5-7-13-20(18)23/h2-14H,15-16H2,1H3,(H,24,26). The zero-order valence-electron chi connectivity index (χ0n) is 15.9. The Morgan fingerprint density at radius 3 is 2.24 bits per heavy atom. The Labute approximate surface area is 176 Å². The molecule has 0 bridgehead atoms. The average molecular weight is 429 g/mol. The van der Waals surface area contributed by atoms with Gasteiger partial charge in [0.05, 0.1) is 24.1 Å². The molecule has 0 aliphatic carbocycles. The highest BCUT2D eigenvalue weighted by molar-refractivity contribution is 7.92. The minimum Gasteiger partial charge on any atom is -0.348 e. The molecule has 0 unspecified atom stereocenters. The van der Waals surface area contributed by atoms with Crippen molar-refractivity contribution >= 4 is 33.2 Å². The molecule has 0 aromatic heterocycles. The van der Waals surface area contributed by atoms with E-state index in [-0.39, 0.29) is 24.6 Å². The summed E-state index contributed by atoms with van der Waals surface area (Å²) in [4.78, 5) is 12.9. The summed E-state index contributed by atoms with van der Waals surface area (Å²) < 4.78 is 26.3. The molecular formula is C22H21ClN2O3S. The maximum atomic E-state index is 12.9. The number of carbonyl (C=O) groups is 1. The minimum absolute atomic E-state index is 0.133. The fourth-order valence-electron chi connectivity index (χ4n) is 2.93. The predicted molar refractivity (Wildman–Crippen MR) is 117 cm³/mol. The van der Waals surface area contributed by atoms with Gasteiger partial charge in [0.15, 0.2) is 0 Å². The molecule has 150 valence electrons. The second-order valence-corrected chi connectivity index (χ2v) is 8.86. The van der Waals surface area contributed by atoms with Crippen LogP contribution in [0.1, 0.15) is 21.5 Å². The van der Waals surface area contributed by atoms with Crippen LogP contribution < -0.4 is 9.62 Å². The Bertz CT molecular complexity index is 1100. The molecule has 0 heterocycles. The van der Waals surface area contributed by atoms with Gasteiger partial charge in [-0.25, -0.2) is 8.42 Å². The van der Waals surface area contributed by atoms with Gasteiger partial charge in [-0.1, -0.05) is 72.3 Å². The van der Waals surface area contributed by atoms with Gasteiger partial charge >= 0.3 is 0 Å². The lowest BCUT2D eigenvalue weighted by Gasteiger charge is -2.24. The van der Waals surface area contributed by atoms with Crippen LogP contribution >= 0.6 is 11.6 Å². The van der Waals surface area contributed by atoms with Crippen LogP contribution in [0.5, 0.6) is 0 Å². The van der Waals surface area contributed by atoms with Crippen molar-refractivity contribution in [2.24, 2.45) is 0 Å². The van der Waals surface area contributed by atoms with E-state index >= 15 is 0 Å². The van der Waals surface area contributed by atoms with E-state index in [0.29, 0.717) is 10.7 Å². The molecule has 3 rings (SSSR count). The molecule has 0 aliphatic heterocycles. The molecule has 3 aromatic rings. The van der Waals surface area contributed by atoms with Crippen LogP contribution in [-0.4, -0.2) is 20.6 Å². The summed E-state index contributed by atoms with van der Waals surface area (Å²) in [7, 11) is -3.61. The second kappa shape index (κ2) is 9.11. The second-order valence-electron chi connectivity index (χ2n) is 6.55. The number of sulfonamides is 1. The third-order valence-corrected chi connectivity index (χ3v) is 5.88. The smallest absolute Gasteiger partial charge is 0.253 e. The monoisotopic (exact) mass is 428 g/mol. The summed E-state index contributed by atoms with van der Waals surface area (Å²) in [6, 6.07) is 23.1. The van der Waals surface area contributed by atoms with E-state index in [9.17, 15) is 13.2 Å². The van der Waals surface area contributed by atoms with Crippen molar-refractivity contribution in [3.63, 3.8) is 0 Å². The molecule has 1 N–H and O–H groups in total. The van der Waals surface area contributed by atoms with Crippen LogP contribution in [0.25, 0.3) is 0 Å². The minimum atomic E-state index is -3.61. The quantitative estimate of drug-likeness (QED) is 0.612. The summed E-state index contributed by atoms with van der Waals surface area (Å²) in [5, 5.41) is 3.38. The number of carbonyl (C=O) groups excluding carboxylic acids is 1. The van der Waals surface area contributed by atoms with Gasteiger partial charge in [-0.2, -0.15) is 0 Å². The summed E-state index contributed by atoms with van der Waals surface area (Å²) in [5.41, 5.74) is 2.21. The first-order valence-electron chi connectivity index (χ1n) is 8.98. The Morgan fingerprint density at radius 2 is 1.55 bits per heavy atom. The lowest BCUT2D eigenvalue weighted by molar-refractivity contribution is 0.0951. The van der Waals surface area contributed by atoms with E-state index in [0.717, 1.165) is 17.4 Å². The molecule has 0 spiro atoms. The molecule has 0 aliphatic rings. The molecule has 7 heteroatoms. The number of halogens is 1. The van der Waals surface area contributed by atoms with E-state index in [1.54, 1.807) is 30.3 Å². The van der Waals surface area contributed by atoms with E-state index in [1.165, 1.54) is 4.31 Å². The fraction of sp³-hybridized carbons (Fsp3) is 0.136. The highest BCUT2D eigenvalue weighted by atomic mass is 35.5. The van der Waals surface area contributed by atoms with Crippen molar-refractivity contribution in [2.75, 3.05) is 10.6 Å². The van der Waals surface area contributed by atoms with Gasteiger partial charge in [0, 0.05) is 11.6 Å². The van der Waals surface area contributed by atoms with E-state index in [4.69, 9.17) is 11.6 Å². The molecule has 0 radical (unpaired) electrons. The van der Waals surface area contributed by atoms with Gasteiger partial charge in [-0.05, 0) is 29.3 Å². The van der Waals surface area contributed by atoms with Crippen molar-refractivity contribution in [3.8, 4) is 0 Å². The number of nitrogens with zero attached hydrogens (tertiary/aromatic N) is 1. The number of amides is 1. The maximum absolute atomic E-state index is 12.9. The summed E-state index contributed by atoms with van der Waals surface area (Å²) in [6.45, 7) is 0.374. The van der Waals surface area contributed by atoms with Crippen molar-refractivity contribution < 1.29 is 13.2 Å². The van der Waals surface area contributed by atoms with Gasteiger partial charge in [0.1, 0.15) is 0 Å². The van der Waals surface area contributed by atoms with Gasteiger partial charge in [-0.15, -0.1) is 0 Å². The third-order valence-electron chi connectivity index (χ3n) is 4.38. The molecule has 1 amide bonds. The fourth-order valence-corrected chi connectivity index (χ4v) is 4.03. The number of hydrogen-bond acceptors (Lipinski definition) is 3. The van der Waals surface area contributed by atoms with Gasteiger partial charge in [0.2, 0.25) is 10.0 Å². The first kappa shape index (κ1) is 20.9. The molecule has 0 saturated carbocycles. The largest absolute Gasteiger partial charge is 0.348 e. The molecule has 0 atom stereocenters. The van der Waals surface area contributed by atoms with Crippen LogP contribution in [0, 0.1) is 0 Å². The van der Waals surface area contributed by atoms with Crippen LogP contribution in [0.4, 0.5) is 5.69 Å². The number of anilines is 1. The zero-order valence-corrected chi connectivity index (χ0v) is 17.5. The number of hydrogen-bond donors (Lipinski definition) is 1. The van der Waals surface area contributed by atoms with Crippen LogP contribution in [0.3, 0.4) is 0 Å². The van der Waals surface area contributed by atoms with E-state index < -0.39 is 10.0 Å². The SMILES string of the molecule is CS(=O)(=O)N(Cc1ccccc1)c1ccccc1C(=O)NCc1ccccc1Cl. The van der Waals surface area contributed by atoms with Crippen LogP contribution in [0.15, 0.2) is 78.9 Å².